The lowest BCUT2D eigenvalue weighted by Gasteiger charge is -2.06. The van der Waals surface area contributed by atoms with Crippen molar-refractivity contribution in [2.45, 2.75) is 12.8 Å². The van der Waals surface area contributed by atoms with Crippen LogP contribution in [0, 0.1) is 6.42 Å². The van der Waals surface area contributed by atoms with Crippen molar-refractivity contribution in [1.29, 1.82) is 0 Å². The van der Waals surface area contributed by atoms with E-state index in [9.17, 15) is 0 Å². The highest BCUT2D eigenvalue weighted by atomic mass is 14.0. The molecular formula is C19H17. The largest absolute Gasteiger partial charge is 0.0622 e. The zero-order chi connectivity index (χ0) is 12.9. The number of rotatable bonds is 4. The average molecular weight is 245 g/mol. The molecule has 93 valence electrons. The Morgan fingerprint density at radius 3 is 2.32 bits per heavy atom. The van der Waals surface area contributed by atoms with Gasteiger partial charge in [-0.1, -0.05) is 72.8 Å². The summed E-state index contributed by atoms with van der Waals surface area (Å²) in [6, 6.07) is 25.7. The minimum atomic E-state index is 1.08. The molecule has 0 spiro atoms. The SMILES string of the molecule is [CH](CCc1ccccc1)c1cccc2ccccc12. The summed E-state index contributed by atoms with van der Waals surface area (Å²) in [4.78, 5) is 0. The first-order valence-electron chi connectivity index (χ1n) is 6.78. The van der Waals surface area contributed by atoms with Crippen molar-refractivity contribution < 1.29 is 0 Å². The Hall–Kier alpha value is -2.08. The molecule has 3 rings (SSSR count). The van der Waals surface area contributed by atoms with Crippen LogP contribution < -0.4 is 0 Å². The molecular weight excluding hydrogens is 228 g/mol. The lowest BCUT2D eigenvalue weighted by molar-refractivity contribution is 0.954. The number of hydrogen-bond donors (Lipinski definition) is 0. The number of fused-ring (bicyclic) bond motifs is 1. The molecule has 0 aromatic heterocycles. The summed E-state index contributed by atoms with van der Waals surface area (Å²) < 4.78 is 0. The maximum Gasteiger partial charge on any atom is -0.00834 e. The second-order valence-corrected chi connectivity index (χ2v) is 4.80. The van der Waals surface area contributed by atoms with Gasteiger partial charge in [0.05, 0.1) is 0 Å². The maximum absolute atomic E-state index is 2.34. The average Bonchev–Trinajstić information content (AvgIpc) is 2.49. The van der Waals surface area contributed by atoms with Crippen LogP contribution in [0.4, 0.5) is 0 Å². The highest BCUT2D eigenvalue weighted by Crippen LogP contribution is 2.21. The molecule has 0 aliphatic carbocycles. The van der Waals surface area contributed by atoms with E-state index in [0.29, 0.717) is 0 Å². The topological polar surface area (TPSA) is 0 Å². The van der Waals surface area contributed by atoms with E-state index >= 15 is 0 Å². The van der Waals surface area contributed by atoms with E-state index in [1.165, 1.54) is 21.9 Å². The Labute approximate surface area is 114 Å². The van der Waals surface area contributed by atoms with Gasteiger partial charge in [0, 0.05) is 0 Å². The molecule has 3 aromatic rings. The Bertz CT molecular complexity index is 648. The fourth-order valence-electron chi connectivity index (χ4n) is 2.47. The Morgan fingerprint density at radius 1 is 0.684 bits per heavy atom. The normalized spacial score (nSPS) is 10.7. The maximum atomic E-state index is 2.34. The van der Waals surface area contributed by atoms with Crippen molar-refractivity contribution in [3.05, 3.63) is 90.3 Å². The molecule has 0 heterocycles. The van der Waals surface area contributed by atoms with Crippen LogP contribution >= 0.6 is 0 Å². The van der Waals surface area contributed by atoms with Crippen LogP contribution in [-0.4, -0.2) is 0 Å². The fourth-order valence-corrected chi connectivity index (χ4v) is 2.47. The third kappa shape index (κ3) is 2.85. The van der Waals surface area contributed by atoms with E-state index in [-0.39, 0.29) is 0 Å². The summed E-state index contributed by atoms with van der Waals surface area (Å²) in [5.41, 5.74) is 2.74. The molecule has 0 atom stereocenters. The van der Waals surface area contributed by atoms with Crippen molar-refractivity contribution in [2.75, 3.05) is 0 Å². The highest BCUT2D eigenvalue weighted by molar-refractivity contribution is 5.86. The van der Waals surface area contributed by atoms with Gasteiger partial charge in [-0.2, -0.15) is 0 Å². The van der Waals surface area contributed by atoms with Crippen LogP contribution in [0.1, 0.15) is 17.5 Å². The van der Waals surface area contributed by atoms with E-state index in [4.69, 9.17) is 0 Å². The molecule has 1 radical (unpaired) electrons. The Balaban J connectivity index is 1.72. The van der Waals surface area contributed by atoms with Gasteiger partial charge in [0.1, 0.15) is 0 Å². The molecule has 0 amide bonds. The first-order chi connectivity index (χ1) is 9.43. The molecule has 0 bridgehead atoms. The van der Waals surface area contributed by atoms with Crippen LogP contribution in [0.3, 0.4) is 0 Å². The van der Waals surface area contributed by atoms with E-state index in [2.05, 4.69) is 79.2 Å². The van der Waals surface area contributed by atoms with Crippen LogP contribution in [0.5, 0.6) is 0 Å². The molecule has 0 N–H and O–H groups in total. The van der Waals surface area contributed by atoms with Gasteiger partial charge in [0.2, 0.25) is 0 Å². The van der Waals surface area contributed by atoms with Gasteiger partial charge in [-0.15, -0.1) is 0 Å². The molecule has 0 heteroatoms. The van der Waals surface area contributed by atoms with Crippen molar-refractivity contribution in [3.63, 3.8) is 0 Å². The zero-order valence-corrected chi connectivity index (χ0v) is 10.9. The van der Waals surface area contributed by atoms with Gasteiger partial charge >= 0.3 is 0 Å². The third-order valence-electron chi connectivity index (χ3n) is 3.46. The van der Waals surface area contributed by atoms with E-state index in [0.717, 1.165) is 12.8 Å². The van der Waals surface area contributed by atoms with Crippen LogP contribution in [0.2, 0.25) is 0 Å². The fraction of sp³-hybridized carbons (Fsp3) is 0.105. The van der Waals surface area contributed by atoms with Crippen LogP contribution in [0.25, 0.3) is 10.8 Å². The van der Waals surface area contributed by atoms with Crippen molar-refractivity contribution in [3.8, 4) is 0 Å². The standard InChI is InChI=1S/C19H17/c1-2-8-16(9-3-1)10-6-12-18-14-7-13-17-11-4-5-15-19(17)18/h1-5,7-9,11-15H,6,10H2. The quantitative estimate of drug-likeness (QED) is 0.605. The van der Waals surface area contributed by atoms with Gasteiger partial charge in [-0.05, 0) is 41.2 Å². The van der Waals surface area contributed by atoms with Gasteiger partial charge in [-0.3, -0.25) is 0 Å². The molecule has 0 fully saturated rings. The molecule has 3 aromatic carbocycles. The van der Waals surface area contributed by atoms with E-state index < -0.39 is 0 Å². The predicted octanol–water partition coefficient (Wildman–Crippen LogP) is 5.02. The summed E-state index contributed by atoms with van der Waals surface area (Å²) >= 11 is 0. The second-order valence-electron chi connectivity index (χ2n) is 4.80. The third-order valence-corrected chi connectivity index (χ3v) is 3.46. The predicted molar refractivity (Wildman–Crippen MR) is 82.1 cm³/mol. The van der Waals surface area contributed by atoms with E-state index in [1.807, 2.05) is 0 Å². The van der Waals surface area contributed by atoms with Gasteiger partial charge in [-0.25, -0.2) is 0 Å². The van der Waals surface area contributed by atoms with Crippen LogP contribution in [0.15, 0.2) is 72.8 Å². The minimum absolute atomic E-state index is 1.08. The van der Waals surface area contributed by atoms with Gasteiger partial charge in [0.25, 0.3) is 0 Å². The van der Waals surface area contributed by atoms with E-state index in [1.54, 1.807) is 0 Å². The lowest BCUT2D eigenvalue weighted by atomic mass is 9.99. The summed E-state index contributed by atoms with van der Waals surface area (Å²) in [7, 11) is 0. The summed E-state index contributed by atoms with van der Waals surface area (Å²) in [5, 5.41) is 2.66. The first kappa shape index (κ1) is 12.0. The monoisotopic (exact) mass is 245 g/mol. The van der Waals surface area contributed by atoms with Crippen molar-refractivity contribution in [1.82, 2.24) is 0 Å². The molecule has 0 saturated heterocycles. The molecule has 0 aliphatic heterocycles. The van der Waals surface area contributed by atoms with Gasteiger partial charge in [0.15, 0.2) is 0 Å². The Morgan fingerprint density at radius 2 is 1.42 bits per heavy atom. The van der Waals surface area contributed by atoms with Crippen molar-refractivity contribution >= 4 is 10.8 Å². The lowest BCUT2D eigenvalue weighted by Crippen LogP contribution is -1.89. The molecule has 0 saturated carbocycles. The summed E-state index contributed by atoms with van der Waals surface area (Å²) in [6.07, 6.45) is 4.53. The van der Waals surface area contributed by atoms with Crippen LogP contribution in [-0.2, 0) is 6.42 Å². The smallest absolute Gasteiger partial charge is 0.00834 e. The number of hydrogen-bond acceptors (Lipinski definition) is 0. The summed E-state index contributed by atoms with van der Waals surface area (Å²) in [5.74, 6) is 0. The number of benzene rings is 3. The number of aryl methyl sites for hydroxylation is 1. The van der Waals surface area contributed by atoms with Gasteiger partial charge < -0.3 is 0 Å². The minimum Gasteiger partial charge on any atom is -0.0622 e. The highest BCUT2D eigenvalue weighted by Gasteiger charge is 2.00. The molecule has 0 unspecified atom stereocenters. The molecule has 0 nitrogen and oxygen atoms in total. The zero-order valence-electron chi connectivity index (χ0n) is 10.9. The molecule has 0 aliphatic rings. The Kier molecular flexibility index (Phi) is 3.60. The second kappa shape index (κ2) is 5.71. The molecule has 19 heavy (non-hydrogen) atoms. The van der Waals surface area contributed by atoms with Crippen molar-refractivity contribution in [2.24, 2.45) is 0 Å². The first-order valence-corrected chi connectivity index (χ1v) is 6.78. The summed E-state index contributed by atoms with van der Waals surface area (Å²) in [6.45, 7) is 0.